The second-order valence-electron chi connectivity index (χ2n) is 7.20. The van der Waals surface area contributed by atoms with Gasteiger partial charge in [0, 0.05) is 24.7 Å². The molecular formula is C20H28N8O8. The van der Waals surface area contributed by atoms with Crippen LogP contribution in [0.15, 0.2) is 30.5 Å². The fraction of sp³-hybridized carbons (Fsp3) is 0.250. The van der Waals surface area contributed by atoms with E-state index in [1.165, 1.54) is 12.1 Å². The molecule has 3 aromatic rings. The van der Waals surface area contributed by atoms with Crippen molar-refractivity contribution in [2.45, 2.75) is 25.4 Å². The van der Waals surface area contributed by atoms with Crippen LogP contribution in [0.4, 0.5) is 17.5 Å². The van der Waals surface area contributed by atoms with E-state index in [-0.39, 0.29) is 46.6 Å². The van der Waals surface area contributed by atoms with Crippen molar-refractivity contribution in [3.63, 3.8) is 0 Å². The molecule has 2 aromatic heterocycles. The average Bonchev–Trinajstić information content (AvgIpc) is 2.76. The molecule has 0 fully saturated rings. The van der Waals surface area contributed by atoms with Crippen LogP contribution < -0.4 is 21.7 Å². The molecule has 3 rings (SSSR count). The zero-order valence-electron chi connectivity index (χ0n) is 19.1. The number of carboxylic acid groups (broad SMARTS) is 2. The first-order valence-electron chi connectivity index (χ1n) is 9.75. The monoisotopic (exact) mass is 508 g/mol. The molecule has 1 aromatic carbocycles. The van der Waals surface area contributed by atoms with Crippen molar-refractivity contribution >= 4 is 46.5 Å². The number of amides is 1. The Labute approximate surface area is 203 Å². The number of benzene rings is 1. The Balaban J connectivity index is 0.00000408. The number of carbonyl (C=O) groups is 3. The predicted molar refractivity (Wildman–Crippen MR) is 129 cm³/mol. The van der Waals surface area contributed by atoms with Crippen LogP contribution in [0.25, 0.3) is 11.2 Å². The van der Waals surface area contributed by atoms with Gasteiger partial charge in [-0.3, -0.25) is 9.59 Å². The number of aliphatic carboxylic acids is 2. The molecule has 196 valence electrons. The Kier molecular flexibility index (Phi) is 11.6. The molecule has 0 saturated carbocycles. The van der Waals surface area contributed by atoms with Crippen molar-refractivity contribution in [2.24, 2.45) is 0 Å². The Hall–Kier alpha value is -4.67. The van der Waals surface area contributed by atoms with E-state index in [2.05, 4.69) is 25.3 Å². The number of nitrogens with two attached hydrogens (primary N) is 2. The van der Waals surface area contributed by atoms with Gasteiger partial charge in [-0.1, -0.05) is 0 Å². The highest BCUT2D eigenvalue weighted by molar-refractivity contribution is 5.97. The number of nitrogen functional groups attached to an aromatic ring is 2. The van der Waals surface area contributed by atoms with Crippen LogP contribution in [-0.2, 0) is 16.1 Å². The maximum atomic E-state index is 12.4. The molecule has 0 saturated heterocycles. The third-order valence-corrected chi connectivity index (χ3v) is 4.72. The molecule has 0 aliphatic carbocycles. The minimum absolute atomic E-state index is 0. The topological polar surface area (TPSA) is 305 Å². The van der Waals surface area contributed by atoms with Gasteiger partial charge < -0.3 is 48.3 Å². The Morgan fingerprint density at radius 2 is 1.67 bits per heavy atom. The summed E-state index contributed by atoms with van der Waals surface area (Å²) in [6.45, 7) is 0.370. The molecular weight excluding hydrogens is 480 g/mol. The van der Waals surface area contributed by atoms with E-state index in [4.69, 9.17) is 16.6 Å². The second kappa shape index (κ2) is 13.3. The van der Waals surface area contributed by atoms with Crippen LogP contribution in [0.1, 0.15) is 28.9 Å². The minimum Gasteiger partial charge on any atom is -0.481 e. The second-order valence-corrected chi connectivity index (χ2v) is 7.20. The van der Waals surface area contributed by atoms with E-state index in [0.29, 0.717) is 23.4 Å². The Bertz CT molecular complexity index is 1210. The van der Waals surface area contributed by atoms with Gasteiger partial charge in [-0.15, -0.1) is 0 Å². The third-order valence-electron chi connectivity index (χ3n) is 4.72. The summed E-state index contributed by atoms with van der Waals surface area (Å²) in [6, 6.07) is 5.16. The fourth-order valence-corrected chi connectivity index (χ4v) is 3.03. The van der Waals surface area contributed by atoms with E-state index >= 15 is 0 Å². The molecule has 0 radical (unpaired) electrons. The minimum atomic E-state index is -1.30. The number of hydrogen-bond donors (Lipinski definition) is 5. The van der Waals surface area contributed by atoms with E-state index in [1.54, 1.807) is 18.3 Å². The molecule has 36 heavy (non-hydrogen) atoms. The van der Waals surface area contributed by atoms with Gasteiger partial charge in [0.05, 0.1) is 18.4 Å². The van der Waals surface area contributed by atoms with Crippen molar-refractivity contribution in [2.75, 3.05) is 23.4 Å². The molecule has 0 spiro atoms. The number of nitrogens with zero attached hydrogens (tertiary/aromatic N) is 5. The number of hydrogen-bond acceptors (Lipinski definition) is 10. The van der Waals surface area contributed by atoms with E-state index in [0.717, 1.165) is 5.69 Å². The summed E-state index contributed by atoms with van der Waals surface area (Å²) in [4.78, 5) is 52.7. The highest BCUT2D eigenvalue weighted by Crippen LogP contribution is 2.19. The van der Waals surface area contributed by atoms with Gasteiger partial charge in [-0.25, -0.2) is 14.8 Å². The van der Waals surface area contributed by atoms with Gasteiger partial charge in [0.15, 0.2) is 17.0 Å². The molecule has 13 N–H and O–H groups in total. The number of rotatable bonds is 9. The van der Waals surface area contributed by atoms with Gasteiger partial charge in [-0.05, 0) is 30.7 Å². The average molecular weight is 508 g/mol. The number of anilines is 3. The highest BCUT2D eigenvalue weighted by Gasteiger charge is 2.21. The summed E-state index contributed by atoms with van der Waals surface area (Å²) in [7, 11) is 1.82. The van der Waals surface area contributed by atoms with Crippen LogP contribution >= 0.6 is 0 Å². The summed E-state index contributed by atoms with van der Waals surface area (Å²) >= 11 is 0. The Morgan fingerprint density at radius 3 is 2.25 bits per heavy atom. The zero-order valence-corrected chi connectivity index (χ0v) is 19.1. The van der Waals surface area contributed by atoms with Crippen LogP contribution in [0, 0.1) is 0 Å². The van der Waals surface area contributed by atoms with Crippen LogP contribution in [-0.4, -0.2) is 77.5 Å². The number of nitrogens with one attached hydrogen (secondary N) is 1. The summed E-state index contributed by atoms with van der Waals surface area (Å²) < 4.78 is 0. The Morgan fingerprint density at radius 1 is 1.03 bits per heavy atom. The van der Waals surface area contributed by atoms with E-state index in [9.17, 15) is 19.5 Å². The van der Waals surface area contributed by atoms with E-state index < -0.39 is 23.9 Å². The van der Waals surface area contributed by atoms with Crippen molar-refractivity contribution in [3.8, 4) is 0 Å². The van der Waals surface area contributed by atoms with Crippen molar-refractivity contribution in [1.29, 1.82) is 0 Å². The number of carboxylic acids is 2. The van der Waals surface area contributed by atoms with Crippen molar-refractivity contribution < 1.29 is 41.0 Å². The number of fused-ring (bicyclic) bond motifs is 1. The van der Waals surface area contributed by atoms with Crippen LogP contribution in [0.2, 0.25) is 0 Å². The first-order chi connectivity index (χ1) is 15.6. The summed E-state index contributed by atoms with van der Waals surface area (Å²) in [6.07, 6.45) is 0.964. The van der Waals surface area contributed by atoms with Gasteiger partial charge in [0.1, 0.15) is 6.04 Å². The maximum absolute atomic E-state index is 12.4. The quantitative estimate of drug-likeness (QED) is 0.205. The molecule has 16 heteroatoms. The van der Waals surface area contributed by atoms with Gasteiger partial charge in [0.25, 0.3) is 5.91 Å². The van der Waals surface area contributed by atoms with Crippen molar-refractivity contribution in [1.82, 2.24) is 25.3 Å². The first-order valence-corrected chi connectivity index (χ1v) is 9.75. The standard InChI is InChI=1S/C20H22N8O5.3H2O/c1-28(9-11-8-23-17-15(24-11)16(21)26-20(22)27-17)12-4-2-10(3-5-12)18(31)25-13(19(32)33)6-7-14(29)30;;;/h2-5,8,13H,6-7,9H2,1H3,(H,25,31)(H,29,30)(H,32,33)(H4,21,22,23,26,27);3*1H2/t13-;;;/m0.../s1. The molecule has 1 atom stereocenters. The number of aromatic nitrogens is 4. The molecule has 1 amide bonds. The lowest BCUT2D eigenvalue weighted by Crippen LogP contribution is -2.41. The van der Waals surface area contributed by atoms with Crippen LogP contribution in [0.3, 0.4) is 0 Å². The first kappa shape index (κ1) is 31.3. The van der Waals surface area contributed by atoms with Crippen molar-refractivity contribution in [3.05, 3.63) is 41.7 Å². The number of carbonyl (C=O) groups excluding carboxylic acids is 1. The zero-order chi connectivity index (χ0) is 24.1. The van der Waals surface area contributed by atoms with Gasteiger partial charge in [0.2, 0.25) is 5.95 Å². The highest BCUT2D eigenvalue weighted by atomic mass is 16.4. The fourth-order valence-electron chi connectivity index (χ4n) is 3.03. The lowest BCUT2D eigenvalue weighted by atomic mass is 10.1. The van der Waals surface area contributed by atoms with Crippen LogP contribution in [0.5, 0.6) is 0 Å². The maximum Gasteiger partial charge on any atom is 0.326 e. The van der Waals surface area contributed by atoms with E-state index in [1.807, 2.05) is 11.9 Å². The lowest BCUT2D eigenvalue weighted by Gasteiger charge is -2.19. The SMILES string of the molecule is CN(Cc1cnc2nc(N)nc(N)c2n1)c1ccc(C(=O)N[C@@H](CCC(=O)O)C(=O)O)cc1.O.O.O. The normalized spacial score (nSPS) is 10.7. The summed E-state index contributed by atoms with van der Waals surface area (Å²) in [5.74, 6) is -2.91. The molecule has 0 aliphatic heterocycles. The molecule has 16 nitrogen and oxygen atoms in total. The van der Waals surface area contributed by atoms with Gasteiger partial charge in [-0.2, -0.15) is 9.97 Å². The predicted octanol–water partition coefficient (Wildman–Crippen LogP) is -2.21. The summed E-state index contributed by atoms with van der Waals surface area (Å²) in [5.41, 5.74) is 13.7. The lowest BCUT2D eigenvalue weighted by molar-refractivity contribution is -0.140. The molecule has 0 unspecified atom stereocenters. The largest absolute Gasteiger partial charge is 0.481 e. The molecule has 2 heterocycles. The van der Waals surface area contributed by atoms with Gasteiger partial charge >= 0.3 is 11.9 Å². The molecule has 0 bridgehead atoms. The smallest absolute Gasteiger partial charge is 0.326 e. The summed E-state index contributed by atoms with van der Waals surface area (Å²) in [5, 5.41) is 20.2. The third kappa shape index (κ3) is 7.69. The molecule has 0 aliphatic rings.